The first-order chi connectivity index (χ1) is 45.6. The Morgan fingerprint density at radius 1 is 0.277 bits per heavy atom. The number of fused-ring (bicyclic) bond motifs is 8. The first kappa shape index (κ1) is 72.9. The number of pyridine rings is 3. The van der Waals surface area contributed by atoms with Crippen LogP contribution in [-0.2, 0) is 104 Å². The van der Waals surface area contributed by atoms with Crippen LogP contribution < -0.4 is 18.9 Å². The van der Waals surface area contributed by atoms with E-state index >= 15 is 0 Å². The molecule has 4 aromatic carbocycles. The van der Waals surface area contributed by atoms with Crippen LogP contribution in [0.5, 0.6) is 23.0 Å². The highest BCUT2D eigenvalue weighted by molar-refractivity contribution is 5.58. The Hall–Kier alpha value is -6.87. The van der Waals surface area contributed by atoms with Gasteiger partial charge in [0.05, 0.1) is 60.6 Å². The third-order valence-corrected chi connectivity index (χ3v) is 16.0. The highest BCUT2D eigenvalue weighted by atomic mass is 16.5. The maximum atomic E-state index is 7.22. The van der Waals surface area contributed by atoms with Crippen LogP contribution in [0.25, 0.3) is 0 Å². The van der Waals surface area contributed by atoms with E-state index in [-0.39, 0.29) is 0 Å². The van der Waals surface area contributed by atoms with Gasteiger partial charge in [-0.1, -0.05) is 72.8 Å². The van der Waals surface area contributed by atoms with Gasteiger partial charge < -0.3 is 52.6 Å². The van der Waals surface area contributed by atoms with Crippen molar-refractivity contribution < 1.29 is 37.9 Å². The number of nitrogens with zero attached hydrogens (tertiary/aromatic N) is 9. The van der Waals surface area contributed by atoms with Gasteiger partial charge in [-0.25, -0.2) is 0 Å². The first-order valence-corrected chi connectivity index (χ1v) is 33.8. The number of hydrogen-bond donors (Lipinski definition) is 0. The summed E-state index contributed by atoms with van der Waals surface area (Å²) in [5.74, 6) is 3.32. The van der Waals surface area contributed by atoms with E-state index in [1.165, 1.54) is 0 Å². The fourth-order valence-corrected chi connectivity index (χ4v) is 12.4. The predicted octanol–water partition coefficient (Wildman–Crippen LogP) is 11.3. The highest BCUT2D eigenvalue weighted by Gasteiger charge is 2.26. The van der Waals surface area contributed by atoms with Gasteiger partial charge >= 0.3 is 0 Å². The second-order valence-electron chi connectivity index (χ2n) is 25.6. The van der Waals surface area contributed by atoms with Crippen molar-refractivity contribution in [2.24, 2.45) is 0 Å². The molecule has 17 nitrogen and oxygen atoms in total. The van der Waals surface area contributed by atoms with Gasteiger partial charge in [-0.15, -0.1) is 0 Å². The molecule has 0 aliphatic heterocycles. The van der Waals surface area contributed by atoms with Crippen molar-refractivity contribution in [3.05, 3.63) is 205 Å². The number of aromatic nitrogens is 3. The molecule has 1 aliphatic carbocycles. The van der Waals surface area contributed by atoms with Crippen molar-refractivity contribution in [2.45, 2.75) is 112 Å². The smallest absolute Gasteiger partial charge is 0.126 e. The van der Waals surface area contributed by atoms with Crippen molar-refractivity contribution >= 4 is 0 Å². The maximum Gasteiger partial charge on any atom is 0.126 e. The van der Waals surface area contributed by atoms with Gasteiger partial charge in [0.15, 0.2) is 0 Å². The molecule has 0 unspecified atom stereocenters. The molecule has 0 saturated heterocycles. The Morgan fingerprint density at radius 3 is 0.745 bits per heavy atom. The molecule has 0 atom stereocenters. The Bertz CT molecular complexity index is 3280. The van der Waals surface area contributed by atoms with E-state index in [9.17, 15) is 0 Å². The second kappa shape index (κ2) is 38.0. The molecule has 8 rings (SSSR count). The Labute approximate surface area is 562 Å². The fourth-order valence-electron chi connectivity index (χ4n) is 12.4. The fraction of sp³-hybridized carbons (Fsp3) is 0.494. The number of rotatable bonds is 38. The average Bonchev–Trinajstić information content (AvgIpc) is 0.786. The van der Waals surface area contributed by atoms with Gasteiger partial charge in [0.2, 0.25) is 0 Å². The van der Waals surface area contributed by atoms with Gasteiger partial charge in [-0.3, -0.25) is 29.7 Å². The molecule has 0 radical (unpaired) electrons. The van der Waals surface area contributed by atoms with Crippen molar-refractivity contribution in [3.8, 4) is 23.0 Å². The number of benzene rings is 4. The summed E-state index contributed by atoms with van der Waals surface area (Å²) in [4.78, 5) is 28.8. The topological polar surface area (TPSA) is 132 Å². The zero-order chi connectivity index (χ0) is 66.8. The molecular weight excluding hydrogens is 1180 g/mol. The summed E-state index contributed by atoms with van der Waals surface area (Å²) >= 11 is 0. The van der Waals surface area contributed by atoms with Gasteiger partial charge in [-0.2, -0.15) is 0 Å². The molecule has 0 spiro atoms. The van der Waals surface area contributed by atoms with E-state index in [1.54, 1.807) is 0 Å². The van der Waals surface area contributed by atoms with Crippen molar-refractivity contribution in [2.75, 3.05) is 143 Å². The lowest BCUT2D eigenvalue weighted by molar-refractivity contribution is 0.108. The van der Waals surface area contributed by atoms with Crippen LogP contribution in [0.4, 0.5) is 0 Å². The molecule has 1 aliphatic rings. The number of para-hydroxylation sites is 1. The molecule has 0 saturated carbocycles. The van der Waals surface area contributed by atoms with Gasteiger partial charge in [0.1, 0.15) is 49.4 Å². The van der Waals surface area contributed by atoms with Crippen LogP contribution in [0.15, 0.2) is 109 Å². The van der Waals surface area contributed by atoms with E-state index < -0.39 is 0 Å². The third-order valence-electron chi connectivity index (χ3n) is 16.0. The predicted molar refractivity (Wildman–Crippen MR) is 375 cm³/mol. The molecular formula is C77H107N9O8. The molecule has 3 heterocycles. The van der Waals surface area contributed by atoms with Gasteiger partial charge in [0, 0.05) is 111 Å². The number of hydrogen-bond acceptors (Lipinski definition) is 17. The minimum Gasteiger partial charge on any atom is -0.491 e. The molecule has 8 bridgehead atoms. The molecule has 508 valence electrons. The monoisotopic (exact) mass is 1290 g/mol. The zero-order valence-electron chi connectivity index (χ0n) is 58.9. The highest BCUT2D eigenvalue weighted by Crippen LogP contribution is 2.41. The quantitative estimate of drug-likeness (QED) is 0.0340. The average molecular weight is 1290 g/mol. The van der Waals surface area contributed by atoms with E-state index in [2.05, 4.69) is 202 Å². The summed E-state index contributed by atoms with van der Waals surface area (Å²) < 4.78 is 52.5. The largest absolute Gasteiger partial charge is 0.491 e. The zero-order valence-corrected chi connectivity index (χ0v) is 58.9. The second-order valence-corrected chi connectivity index (χ2v) is 25.6. The lowest BCUT2D eigenvalue weighted by atomic mass is 9.88. The third kappa shape index (κ3) is 23.2. The van der Waals surface area contributed by atoms with E-state index in [0.29, 0.717) is 144 Å². The maximum absolute atomic E-state index is 7.22. The standard InChI is InChI=1S/C77H107N9O8/c1-14-87-30-34-91-74-60-22-18-23-61(74)45-63-39-58(49-85(12)55-72-28-20-25-69(79-72)52-82(7)8)41-65(76(63)93-36-32-89-16-3)47-67-43-59(50-86(13)56-73-29-21-26-70(80-73)53-83(9)10)42-66(77(67)94-37-33-90-17-4)46-64-40-57(38-62(44-60)75(64)92-35-31-88-15-2)48-84(11)54-71-27-19-24-68(78-71)51-81(5)6/h18-29,38-43H,14-17,30-37,44-56H2,1-13H3. The Kier molecular flexibility index (Phi) is 29.5. The van der Waals surface area contributed by atoms with Crippen LogP contribution >= 0.6 is 0 Å². The number of ether oxygens (including phenoxy) is 8. The molecule has 0 fully saturated rings. The van der Waals surface area contributed by atoms with Crippen molar-refractivity contribution in [1.29, 1.82) is 0 Å². The summed E-state index contributed by atoms with van der Waals surface area (Å²) in [6.45, 7) is 20.0. The van der Waals surface area contributed by atoms with Crippen LogP contribution in [0.2, 0.25) is 0 Å². The van der Waals surface area contributed by atoms with Gasteiger partial charge in [0.25, 0.3) is 0 Å². The normalized spacial score (nSPS) is 12.5. The molecule has 94 heavy (non-hydrogen) atoms. The van der Waals surface area contributed by atoms with Crippen LogP contribution in [-0.4, -0.2) is 187 Å². The van der Waals surface area contributed by atoms with Crippen molar-refractivity contribution in [3.63, 3.8) is 0 Å². The Balaban J connectivity index is 1.36. The molecule has 0 amide bonds. The summed E-state index contributed by atoms with van der Waals surface area (Å²) in [6.07, 6.45) is 2.05. The van der Waals surface area contributed by atoms with E-state index in [0.717, 1.165) is 138 Å². The summed E-state index contributed by atoms with van der Waals surface area (Å²) in [5, 5.41) is 0. The van der Waals surface area contributed by atoms with E-state index in [1.807, 2.05) is 27.7 Å². The molecule has 17 heteroatoms. The summed E-state index contributed by atoms with van der Waals surface area (Å²) in [6, 6.07) is 39.7. The van der Waals surface area contributed by atoms with Crippen LogP contribution in [0, 0.1) is 0 Å². The van der Waals surface area contributed by atoms with Crippen molar-refractivity contribution in [1.82, 2.24) is 44.4 Å². The molecule has 7 aromatic rings. The first-order valence-electron chi connectivity index (χ1n) is 33.8. The Morgan fingerprint density at radius 2 is 0.500 bits per heavy atom. The SMILES string of the molecule is CCOCCOc1c2cccc1Cc1cc(CN(C)Cc3cccc(CN(C)C)n3)cc(c1OCCOCC)Cc1cc(CN(C)Cc3cccc(CN(C)C)n3)cc(c1OCCOCC)Cc1cc(CN(C)Cc3cccc(CN(C)C)n3)cc(c1OCCOCC)C2. The minimum atomic E-state index is 0.359. The minimum absolute atomic E-state index is 0.359. The lowest BCUT2D eigenvalue weighted by Gasteiger charge is -2.26. The lowest BCUT2D eigenvalue weighted by Crippen LogP contribution is -2.20. The van der Waals surface area contributed by atoms with E-state index in [4.69, 9.17) is 52.8 Å². The molecule has 0 N–H and O–H groups in total. The van der Waals surface area contributed by atoms with Crippen LogP contribution in [0.1, 0.15) is 123 Å². The molecule has 3 aromatic heterocycles. The summed E-state index contributed by atoms with van der Waals surface area (Å²) in [5.41, 5.74) is 18.0. The van der Waals surface area contributed by atoms with Gasteiger partial charge in [-0.05, 0) is 189 Å². The van der Waals surface area contributed by atoms with Crippen LogP contribution in [0.3, 0.4) is 0 Å². The summed E-state index contributed by atoms with van der Waals surface area (Å²) in [7, 11) is 19.0.